The molecular formula is C27H36N6O3. The number of primary amides is 1. The molecular weight excluding hydrogens is 456 g/mol. The number of benzene rings is 1. The summed E-state index contributed by atoms with van der Waals surface area (Å²) in [6.07, 6.45) is 5.41. The van der Waals surface area contributed by atoms with E-state index in [4.69, 9.17) is 10.8 Å². The van der Waals surface area contributed by atoms with Crippen molar-refractivity contribution in [2.24, 2.45) is 11.7 Å². The Morgan fingerprint density at radius 1 is 1.25 bits per heavy atom. The molecule has 36 heavy (non-hydrogen) atoms. The molecule has 9 nitrogen and oxygen atoms in total. The van der Waals surface area contributed by atoms with E-state index in [0.29, 0.717) is 48.7 Å². The number of aryl methyl sites for hydroxylation is 1. The molecule has 1 saturated carbocycles. The van der Waals surface area contributed by atoms with Crippen molar-refractivity contribution in [2.75, 3.05) is 31.5 Å². The van der Waals surface area contributed by atoms with Gasteiger partial charge in [-0.25, -0.2) is 4.68 Å². The summed E-state index contributed by atoms with van der Waals surface area (Å²) in [4.78, 5) is 41.4. The van der Waals surface area contributed by atoms with Crippen LogP contribution in [0.1, 0.15) is 78.1 Å². The Kier molecular flexibility index (Phi) is 6.26. The zero-order chi connectivity index (χ0) is 25.6. The van der Waals surface area contributed by atoms with Crippen LogP contribution in [0.4, 0.5) is 5.69 Å². The third-order valence-electron chi connectivity index (χ3n) is 7.69. The van der Waals surface area contributed by atoms with Crippen molar-refractivity contribution in [1.82, 2.24) is 19.6 Å². The minimum absolute atomic E-state index is 0.0560. The molecule has 1 aromatic heterocycles. The predicted octanol–water partition coefficient (Wildman–Crippen LogP) is 2.89. The van der Waals surface area contributed by atoms with Crippen LogP contribution in [0.25, 0.3) is 5.69 Å². The van der Waals surface area contributed by atoms with Crippen LogP contribution in [0.15, 0.2) is 18.2 Å². The monoisotopic (exact) mass is 492 g/mol. The number of nitrogens with zero attached hydrogens (tertiary/aromatic N) is 4. The molecule has 2 fully saturated rings. The molecule has 0 bridgehead atoms. The first kappa shape index (κ1) is 24.3. The van der Waals surface area contributed by atoms with Crippen LogP contribution in [-0.2, 0) is 11.2 Å². The maximum absolute atomic E-state index is 13.5. The van der Waals surface area contributed by atoms with Crippen molar-refractivity contribution in [2.45, 2.75) is 64.8 Å². The second-order valence-electron chi connectivity index (χ2n) is 11.0. The van der Waals surface area contributed by atoms with Gasteiger partial charge in [0.05, 0.1) is 28.2 Å². The molecule has 2 aromatic rings. The van der Waals surface area contributed by atoms with Crippen LogP contribution in [0.3, 0.4) is 0 Å². The Bertz CT molecular complexity index is 1210. The molecule has 3 N–H and O–H groups in total. The second-order valence-corrected chi connectivity index (χ2v) is 11.0. The number of hydrogen-bond acceptors (Lipinski definition) is 5. The van der Waals surface area contributed by atoms with Crippen LogP contribution in [0.5, 0.6) is 0 Å². The summed E-state index contributed by atoms with van der Waals surface area (Å²) in [6, 6.07) is 5.42. The second kappa shape index (κ2) is 9.26. The average Bonchev–Trinajstić information content (AvgIpc) is 3.47. The van der Waals surface area contributed by atoms with Crippen molar-refractivity contribution >= 4 is 23.4 Å². The van der Waals surface area contributed by atoms with Gasteiger partial charge >= 0.3 is 0 Å². The molecule has 3 heterocycles. The smallest absolute Gasteiger partial charge is 0.258 e. The molecule has 9 heteroatoms. The average molecular weight is 493 g/mol. The van der Waals surface area contributed by atoms with Crippen LogP contribution in [0, 0.1) is 12.8 Å². The minimum atomic E-state index is -0.510. The molecule has 1 aliphatic carbocycles. The van der Waals surface area contributed by atoms with Gasteiger partial charge in [-0.1, -0.05) is 0 Å². The number of anilines is 1. The first-order valence-electron chi connectivity index (χ1n) is 13.0. The van der Waals surface area contributed by atoms with E-state index < -0.39 is 5.91 Å². The zero-order valence-electron chi connectivity index (χ0n) is 21.5. The third kappa shape index (κ3) is 4.58. The Hall–Kier alpha value is -3.36. The molecule has 1 saturated heterocycles. The lowest BCUT2D eigenvalue weighted by molar-refractivity contribution is -0.127. The van der Waals surface area contributed by atoms with E-state index >= 15 is 0 Å². The first-order chi connectivity index (χ1) is 17.2. The molecule has 0 unspecified atom stereocenters. The standard InChI is InChI=1S/C27H36N6O3/c1-17-24-22(15-27(2,3)32(26(24)36)16-18-7-8-18)33(30-17)19-9-10-20(25(28)35)21(14-19)29-11-5-13-31-12-4-6-23(31)34/h9-10,14,18,29H,4-8,11-13,15-16H2,1-3H3,(H2,28,35). The number of carbonyl (C=O) groups is 3. The number of aromatic nitrogens is 2. The zero-order valence-corrected chi connectivity index (χ0v) is 21.5. The molecule has 2 aliphatic heterocycles. The van der Waals surface area contributed by atoms with Crippen LogP contribution < -0.4 is 11.1 Å². The van der Waals surface area contributed by atoms with Crippen LogP contribution in [0.2, 0.25) is 0 Å². The van der Waals surface area contributed by atoms with Crippen LogP contribution >= 0.6 is 0 Å². The van der Waals surface area contributed by atoms with E-state index in [0.717, 1.165) is 43.0 Å². The number of nitrogens with one attached hydrogen (secondary N) is 1. The summed E-state index contributed by atoms with van der Waals surface area (Å²) >= 11 is 0. The van der Waals surface area contributed by atoms with Gasteiger partial charge in [0.25, 0.3) is 11.8 Å². The van der Waals surface area contributed by atoms with Gasteiger partial charge in [-0.2, -0.15) is 5.10 Å². The number of hydrogen-bond donors (Lipinski definition) is 2. The Labute approximate surface area is 212 Å². The Morgan fingerprint density at radius 3 is 2.69 bits per heavy atom. The van der Waals surface area contributed by atoms with Gasteiger partial charge < -0.3 is 20.9 Å². The summed E-state index contributed by atoms with van der Waals surface area (Å²) in [5.41, 5.74) is 9.47. The topological polar surface area (TPSA) is 114 Å². The molecule has 0 atom stereocenters. The Morgan fingerprint density at radius 2 is 2.03 bits per heavy atom. The van der Waals surface area contributed by atoms with Crippen molar-refractivity contribution in [3.8, 4) is 5.69 Å². The van der Waals surface area contributed by atoms with E-state index in [9.17, 15) is 14.4 Å². The summed E-state index contributed by atoms with van der Waals surface area (Å²) in [7, 11) is 0. The van der Waals surface area contributed by atoms with Crippen molar-refractivity contribution < 1.29 is 14.4 Å². The molecule has 5 rings (SSSR count). The van der Waals surface area contributed by atoms with Gasteiger partial charge in [-0.3, -0.25) is 14.4 Å². The van der Waals surface area contributed by atoms with E-state index in [1.807, 2.05) is 33.5 Å². The number of carbonyl (C=O) groups excluding carboxylic acids is 3. The fourth-order valence-electron chi connectivity index (χ4n) is 5.49. The molecule has 3 aliphatic rings. The molecule has 0 radical (unpaired) electrons. The van der Waals surface area contributed by atoms with Crippen molar-refractivity contribution in [3.63, 3.8) is 0 Å². The summed E-state index contributed by atoms with van der Waals surface area (Å²) in [5.74, 6) is 0.371. The third-order valence-corrected chi connectivity index (χ3v) is 7.69. The maximum atomic E-state index is 13.5. The highest BCUT2D eigenvalue weighted by molar-refractivity contribution is 5.99. The van der Waals surface area contributed by atoms with E-state index in [2.05, 4.69) is 19.2 Å². The van der Waals surface area contributed by atoms with Crippen molar-refractivity contribution in [3.05, 3.63) is 40.7 Å². The number of rotatable bonds is 9. The lowest BCUT2D eigenvalue weighted by Gasteiger charge is -2.42. The van der Waals surface area contributed by atoms with Gasteiger partial charge in [0, 0.05) is 50.2 Å². The molecule has 3 amide bonds. The van der Waals surface area contributed by atoms with E-state index in [-0.39, 0.29) is 17.4 Å². The summed E-state index contributed by atoms with van der Waals surface area (Å²) < 4.78 is 1.84. The van der Waals surface area contributed by atoms with Gasteiger partial charge in [-0.15, -0.1) is 0 Å². The van der Waals surface area contributed by atoms with E-state index in [1.54, 1.807) is 6.07 Å². The van der Waals surface area contributed by atoms with Gasteiger partial charge in [0.15, 0.2) is 0 Å². The fourth-order valence-corrected chi connectivity index (χ4v) is 5.49. The Balaban J connectivity index is 1.40. The lowest BCUT2D eigenvalue weighted by atomic mass is 9.87. The van der Waals surface area contributed by atoms with Gasteiger partial charge in [0.2, 0.25) is 5.91 Å². The van der Waals surface area contributed by atoms with Gasteiger partial charge in [-0.05, 0) is 70.6 Å². The number of fused-ring (bicyclic) bond motifs is 1. The quantitative estimate of drug-likeness (QED) is 0.523. The largest absolute Gasteiger partial charge is 0.384 e. The predicted molar refractivity (Wildman–Crippen MR) is 137 cm³/mol. The number of amides is 3. The number of nitrogens with two attached hydrogens (primary N) is 1. The first-order valence-corrected chi connectivity index (χ1v) is 13.0. The molecule has 0 spiro atoms. The molecule has 1 aromatic carbocycles. The number of likely N-dealkylation sites (tertiary alicyclic amines) is 1. The van der Waals surface area contributed by atoms with Crippen LogP contribution in [-0.4, -0.2) is 69.0 Å². The normalized spacial score (nSPS) is 19.1. The lowest BCUT2D eigenvalue weighted by Crippen LogP contribution is -2.53. The minimum Gasteiger partial charge on any atom is -0.384 e. The highest BCUT2D eigenvalue weighted by atomic mass is 16.2. The van der Waals surface area contributed by atoms with Gasteiger partial charge in [0.1, 0.15) is 0 Å². The van der Waals surface area contributed by atoms with Crippen molar-refractivity contribution in [1.29, 1.82) is 0 Å². The SMILES string of the molecule is Cc1nn(-c2ccc(C(N)=O)c(NCCCN3CCCC3=O)c2)c2c1C(=O)N(CC1CC1)C(C)(C)C2. The van der Waals surface area contributed by atoms with E-state index in [1.165, 1.54) is 12.8 Å². The maximum Gasteiger partial charge on any atom is 0.258 e. The highest BCUT2D eigenvalue weighted by Gasteiger charge is 2.43. The summed E-state index contributed by atoms with van der Waals surface area (Å²) in [6.45, 7) is 9.05. The highest BCUT2D eigenvalue weighted by Crippen LogP contribution is 2.38. The summed E-state index contributed by atoms with van der Waals surface area (Å²) in [5, 5.41) is 8.10. The molecule has 192 valence electrons. The fraction of sp³-hybridized carbons (Fsp3) is 0.556.